The first-order valence-electron chi connectivity index (χ1n) is 10.2. The largest absolute Gasteiger partial charge is 0.444 e. The minimum absolute atomic E-state index is 0. The summed E-state index contributed by atoms with van der Waals surface area (Å²) < 4.78 is 30.6. The van der Waals surface area contributed by atoms with Gasteiger partial charge >= 0.3 is 6.09 Å². The Morgan fingerprint density at radius 1 is 1.30 bits per heavy atom. The molecule has 0 aromatic carbocycles. The molecule has 30 heavy (non-hydrogen) atoms. The van der Waals surface area contributed by atoms with Crippen molar-refractivity contribution in [2.24, 2.45) is 10.9 Å². The molecule has 1 rings (SSSR count). The molecule has 9 nitrogen and oxygen atoms in total. The monoisotopic (exact) mass is 561 g/mol. The summed E-state index contributed by atoms with van der Waals surface area (Å²) in [6.45, 7) is 11.8. The number of sulfonamides is 1. The third-order valence-corrected chi connectivity index (χ3v) is 6.66. The molecule has 1 fully saturated rings. The second-order valence-corrected chi connectivity index (χ2v) is 10.8. The minimum Gasteiger partial charge on any atom is -0.444 e. The fourth-order valence-corrected chi connectivity index (χ4v) is 4.62. The fraction of sp³-hybridized carbons (Fsp3) is 0.895. The van der Waals surface area contributed by atoms with E-state index in [1.54, 1.807) is 7.05 Å². The van der Waals surface area contributed by atoms with Crippen LogP contribution in [-0.4, -0.2) is 87.3 Å². The predicted molar refractivity (Wildman–Crippen MR) is 132 cm³/mol. The van der Waals surface area contributed by atoms with Crippen LogP contribution in [0.4, 0.5) is 4.79 Å². The Balaban J connectivity index is 0.00000841. The summed E-state index contributed by atoms with van der Waals surface area (Å²) >= 11 is 0. The lowest BCUT2D eigenvalue weighted by molar-refractivity contribution is 0.0485. The highest BCUT2D eigenvalue weighted by atomic mass is 127. The van der Waals surface area contributed by atoms with Gasteiger partial charge in [0.25, 0.3) is 0 Å². The zero-order chi connectivity index (χ0) is 22.2. The number of halogens is 1. The Kier molecular flexibility index (Phi) is 12.5. The van der Waals surface area contributed by atoms with Gasteiger partial charge in [-0.2, -0.15) is 0 Å². The molecule has 0 radical (unpaired) electrons. The van der Waals surface area contributed by atoms with Crippen LogP contribution in [0.15, 0.2) is 4.99 Å². The molecule has 0 aromatic rings. The van der Waals surface area contributed by atoms with E-state index in [0.717, 1.165) is 6.42 Å². The van der Waals surface area contributed by atoms with Gasteiger partial charge in [-0.1, -0.05) is 13.8 Å². The number of hydrogen-bond donors (Lipinski definition) is 2. The van der Waals surface area contributed by atoms with Crippen LogP contribution in [0.1, 0.15) is 47.5 Å². The molecule has 0 bridgehead atoms. The van der Waals surface area contributed by atoms with Crippen LogP contribution in [0.3, 0.4) is 0 Å². The first-order chi connectivity index (χ1) is 13.4. The molecule has 1 unspecified atom stereocenters. The second-order valence-electron chi connectivity index (χ2n) is 8.75. The van der Waals surface area contributed by atoms with E-state index < -0.39 is 21.7 Å². The molecule has 1 heterocycles. The van der Waals surface area contributed by atoms with E-state index in [4.69, 9.17) is 4.74 Å². The van der Waals surface area contributed by atoms with E-state index in [-0.39, 0.29) is 41.7 Å². The van der Waals surface area contributed by atoms with E-state index >= 15 is 0 Å². The zero-order valence-corrected chi connectivity index (χ0v) is 22.5. The van der Waals surface area contributed by atoms with E-state index in [1.807, 2.05) is 32.7 Å². The van der Waals surface area contributed by atoms with E-state index in [2.05, 4.69) is 29.5 Å². The molecule has 0 aromatic heterocycles. The van der Waals surface area contributed by atoms with Gasteiger partial charge in [-0.3, -0.25) is 4.99 Å². The van der Waals surface area contributed by atoms with Crippen molar-refractivity contribution in [1.82, 2.24) is 19.8 Å². The topological polar surface area (TPSA) is 103 Å². The Morgan fingerprint density at radius 3 is 2.40 bits per heavy atom. The van der Waals surface area contributed by atoms with Crippen molar-refractivity contribution in [1.29, 1.82) is 0 Å². The van der Waals surface area contributed by atoms with E-state index in [1.165, 1.54) is 4.31 Å². The van der Waals surface area contributed by atoms with Gasteiger partial charge in [-0.05, 0) is 39.5 Å². The lowest BCUT2D eigenvalue weighted by Crippen LogP contribution is -2.46. The molecular weight excluding hydrogens is 521 g/mol. The molecule has 2 N–H and O–H groups in total. The summed E-state index contributed by atoms with van der Waals surface area (Å²) in [5.74, 6) is 1.19. The van der Waals surface area contributed by atoms with Crippen molar-refractivity contribution in [3.8, 4) is 0 Å². The number of carbonyl (C=O) groups excluding carboxylic acids is 1. The number of alkyl carbamates (subject to hydrolysis) is 1. The molecule has 0 saturated carbocycles. The van der Waals surface area contributed by atoms with Gasteiger partial charge in [0, 0.05) is 46.3 Å². The van der Waals surface area contributed by atoms with Crippen LogP contribution < -0.4 is 10.6 Å². The van der Waals surface area contributed by atoms with Gasteiger partial charge in [0.05, 0.1) is 5.75 Å². The van der Waals surface area contributed by atoms with Gasteiger partial charge in [0.15, 0.2) is 5.96 Å². The minimum atomic E-state index is -3.08. The Morgan fingerprint density at radius 2 is 1.93 bits per heavy atom. The van der Waals surface area contributed by atoms with Crippen molar-refractivity contribution in [2.45, 2.75) is 59.1 Å². The summed E-state index contributed by atoms with van der Waals surface area (Å²) in [5, 5.41) is 6.17. The van der Waals surface area contributed by atoms with Crippen molar-refractivity contribution < 1.29 is 17.9 Å². The number of nitrogens with zero attached hydrogens (tertiary/aromatic N) is 3. The normalized spacial score (nSPS) is 17.9. The number of ether oxygens (including phenoxy) is 1. The summed E-state index contributed by atoms with van der Waals surface area (Å²) in [5.41, 5.74) is -0.531. The number of rotatable bonds is 8. The summed E-state index contributed by atoms with van der Waals surface area (Å²) in [4.78, 5) is 18.3. The molecular formula is C19H40IN5O4S. The highest BCUT2D eigenvalue weighted by Crippen LogP contribution is 2.12. The fourth-order valence-electron chi connectivity index (χ4n) is 3.09. The number of carbonyl (C=O) groups is 1. The zero-order valence-electron chi connectivity index (χ0n) is 19.4. The van der Waals surface area contributed by atoms with Gasteiger partial charge in [0.2, 0.25) is 10.0 Å². The quantitative estimate of drug-likeness (QED) is 0.267. The molecule has 1 aliphatic rings. The third-order valence-electron chi connectivity index (χ3n) is 4.70. The SMILES string of the molecule is CN=C(NCCN1CCCS1(=O)=O)N(C)CCC(NC(=O)OC(C)(C)C)C(C)C.I. The number of aliphatic imine (C=N–C) groups is 1. The Labute approximate surface area is 199 Å². The molecule has 0 spiro atoms. The average Bonchev–Trinajstić information content (AvgIpc) is 2.91. The highest BCUT2D eigenvalue weighted by Gasteiger charge is 2.27. The molecule has 1 amide bonds. The van der Waals surface area contributed by atoms with Gasteiger partial charge in [0.1, 0.15) is 5.60 Å². The lowest BCUT2D eigenvalue weighted by Gasteiger charge is -2.28. The number of nitrogens with one attached hydrogen (secondary N) is 2. The Hall–Kier alpha value is -0.820. The maximum absolute atomic E-state index is 12.1. The van der Waals surface area contributed by atoms with Crippen LogP contribution in [0, 0.1) is 5.92 Å². The molecule has 1 atom stereocenters. The third kappa shape index (κ3) is 10.5. The van der Waals surface area contributed by atoms with Crippen LogP contribution >= 0.6 is 24.0 Å². The lowest BCUT2D eigenvalue weighted by atomic mass is 10.0. The van der Waals surface area contributed by atoms with Gasteiger partial charge in [-0.25, -0.2) is 17.5 Å². The smallest absolute Gasteiger partial charge is 0.407 e. The predicted octanol–water partition coefficient (Wildman–Crippen LogP) is 2.09. The molecule has 178 valence electrons. The van der Waals surface area contributed by atoms with Crippen LogP contribution in [0.25, 0.3) is 0 Å². The maximum Gasteiger partial charge on any atom is 0.407 e. The van der Waals surface area contributed by atoms with Crippen molar-refractivity contribution in [3.63, 3.8) is 0 Å². The number of amides is 1. The summed E-state index contributed by atoms with van der Waals surface area (Å²) in [6, 6.07) is -0.0276. The van der Waals surface area contributed by atoms with Crippen LogP contribution in [-0.2, 0) is 14.8 Å². The Bertz CT molecular complexity index is 664. The van der Waals surface area contributed by atoms with E-state index in [9.17, 15) is 13.2 Å². The molecule has 1 saturated heterocycles. The van der Waals surface area contributed by atoms with Crippen molar-refractivity contribution >= 4 is 46.1 Å². The average molecular weight is 562 g/mol. The molecule has 11 heteroatoms. The standard InChI is InChI=1S/C19H39N5O4S.HI/c1-15(2)16(22-18(25)28-19(3,4)5)9-12-23(7)17(20-6)21-10-13-24-11-8-14-29(24,26)27;/h15-16H,8-14H2,1-7H3,(H,20,21)(H,22,25);1H. The van der Waals surface area contributed by atoms with Crippen LogP contribution in [0.2, 0.25) is 0 Å². The van der Waals surface area contributed by atoms with Crippen molar-refractivity contribution in [3.05, 3.63) is 0 Å². The van der Waals surface area contributed by atoms with E-state index in [0.29, 0.717) is 38.6 Å². The van der Waals surface area contributed by atoms with Crippen molar-refractivity contribution in [2.75, 3.05) is 46.0 Å². The maximum atomic E-state index is 12.1. The molecule has 0 aliphatic carbocycles. The van der Waals surface area contributed by atoms with Gasteiger partial charge in [-0.15, -0.1) is 24.0 Å². The second kappa shape index (κ2) is 12.9. The van der Waals surface area contributed by atoms with Crippen LogP contribution in [0.5, 0.6) is 0 Å². The van der Waals surface area contributed by atoms with Gasteiger partial charge < -0.3 is 20.3 Å². The summed E-state index contributed by atoms with van der Waals surface area (Å²) in [7, 11) is 0.542. The first-order valence-corrected chi connectivity index (χ1v) is 11.9. The summed E-state index contributed by atoms with van der Waals surface area (Å²) in [6.07, 6.45) is 1.01. The highest BCUT2D eigenvalue weighted by molar-refractivity contribution is 14.0. The first kappa shape index (κ1) is 29.2. The number of hydrogen-bond acceptors (Lipinski definition) is 5. The molecule has 1 aliphatic heterocycles. The number of guanidine groups is 1.